The van der Waals surface area contributed by atoms with Crippen LogP contribution in [0.15, 0.2) is 35.7 Å². The van der Waals surface area contributed by atoms with Crippen molar-refractivity contribution < 1.29 is 0 Å². The Kier molecular flexibility index (Phi) is 6.02. The van der Waals surface area contributed by atoms with Crippen LogP contribution in [0.4, 0.5) is 5.69 Å². The summed E-state index contributed by atoms with van der Waals surface area (Å²) in [5.74, 6) is 4.89. The van der Waals surface area contributed by atoms with E-state index in [1.54, 1.807) is 0 Å². The molecule has 0 radical (unpaired) electrons. The molecule has 1 unspecified atom stereocenters. The highest BCUT2D eigenvalue weighted by Gasteiger charge is 2.20. The van der Waals surface area contributed by atoms with Crippen molar-refractivity contribution in [3.8, 4) is 0 Å². The van der Waals surface area contributed by atoms with Crippen LogP contribution in [0.5, 0.6) is 0 Å². The summed E-state index contributed by atoms with van der Waals surface area (Å²) in [6.45, 7) is 9.58. The van der Waals surface area contributed by atoms with Gasteiger partial charge in [-0.15, -0.1) is 0 Å². The van der Waals surface area contributed by atoms with Gasteiger partial charge in [0.1, 0.15) is 0 Å². The first kappa shape index (κ1) is 19.0. The van der Waals surface area contributed by atoms with E-state index in [9.17, 15) is 0 Å². The maximum atomic E-state index is 4.82. The van der Waals surface area contributed by atoms with E-state index >= 15 is 0 Å². The van der Waals surface area contributed by atoms with Gasteiger partial charge in [0, 0.05) is 17.1 Å². The zero-order chi connectivity index (χ0) is 18.7. The fraction of sp³-hybridized carbons (Fsp3) is 0.455. The molecular weight excluding hydrogens is 338 g/mol. The second-order valence-corrected chi connectivity index (χ2v) is 9.26. The fourth-order valence-electron chi connectivity index (χ4n) is 3.82. The minimum Gasteiger partial charge on any atom is -0.354 e. The standard InChI is InChI=1S/C22H31N3S/c1-16-17(2)24-25(15-19-10-7-6-8-11-19)22(16)18(3)23-20-12-9-13-21(14-20)26(4)5/h9,12-14,19,23H,3-4,6-8,10-11,15H2,1-2,5H3. The molecule has 2 aromatic rings. The van der Waals surface area contributed by atoms with Crippen LogP contribution >= 0.6 is 10.5 Å². The van der Waals surface area contributed by atoms with Gasteiger partial charge < -0.3 is 5.32 Å². The monoisotopic (exact) mass is 369 g/mol. The van der Waals surface area contributed by atoms with E-state index in [1.807, 2.05) is 0 Å². The Hall–Kier alpha value is -1.81. The van der Waals surface area contributed by atoms with Crippen molar-refractivity contribution in [1.29, 1.82) is 0 Å². The van der Waals surface area contributed by atoms with Gasteiger partial charge >= 0.3 is 0 Å². The highest BCUT2D eigenvalue weighted by Crippen LogP contribution is 2.29. The second kappa shape index (κ2) is 8.26. The first-order valence-corrected chi connectivity index (χ1v) is 11.3. The van der Waals surface area contributed by atoms with Crippen LogP contribution in [0.1, 0.15) is 49.1 Å². The fourth-order valence-corrected chi connectivity index (χ4v) is 4.46. The number of aryl methyl sites for hydroxylation is 1. The van der Waals surface area contributed by atoms with Crippen molar-refractivity contribution >= 4 is 27.7 Å². The summed E-state index contributed by atoms with van der Waals surface area (Å²) in [5, 5.41) is 8.33. The minimum atomic E-state index is 0.00453. The maximum absolute atomic E-state index is 4.82. The smallest absolute Gasteiger partial charge is 0.0870 e. The van der Waals surface area contributed by atoms with Crippen LogP contribution in [-0.4, -0.2) is 21.9 Å². The lowest BCUT2D eigenvalue weighted by atomic mass is 9.89. The highest BCUT2D eigenvalue weighted by atomic mass is 32.2. The largest absolute Gasteiger partial charge is 0.354 e. The van der Waals surface area contributed by atoms with Gasteiger partial charge in [-0.25, -0.2) is 0 Å². The highest BCUT2D eigenvalue weighted by molar-refractivity contribution is 8.13. The number of aromatic nitrogens is 2. The van der Waals surface area contributed by atoms with Crippen molar-refractivity contribution in [2.75, 3.05) is 11.6 Å². The van der Waals surface area contributed by atoms with E-state index in [0.29, 0.717) is 0 Å². The number of nitrogens with zero attached hydrogens (tertiary/aromatic N) is 2. The van der Waals surface area contributed by atoms with Crippen LogP contribution in [0.2, 0.25) is 0 Å². The molecular formula is C22H31N3S. The van der Waals surface area contributed by atoms with Crippen molar-refractivity contribution in [2.24, 2.45) is 5.92 Å². The number of rotatable bonds is 6. The van der Waals surface area contributed by atoms with E-state index in [1.165, 1.54) is 42.6 Å². The van der Waals surface area contributed by atoms with E-state index < -0.39 is 0 Å². The molecule has 0 saturated heterocycles. The number of benzene rings is 1. The van der Waals surface area contributed by atoms with Gasteiger partial charge in [-0.05, 0) is 62.6 Å². The molecule has 1 aliphatic rings. The quantitative estimate of drug-likeness (QED) is 0.647. The lowest BCUT2D eigenvalue weighted by Gasteiger charge is -2.23. The number of hydrogen-bond donors (Lipinski definition) is 1. The molecule has 0 aliphatic heterocycles. The molecule has 1 saturated carbocycles. The van der Waals surface area contributed by atoms with Gasteiger partial charge in [-0.2, -0.15) is 15.6 Å². The summed E-state index contributed by atoms with van der Waals surface area (Å²) >= 11 is 0. The second-order valence-electron chi connectivity index (χ2n) is 7.51. The summed E-state index contributed by atoms with van der Waals surface area (Å²) in [6, 6.07) is 8.47. The third-order valence-electron chi connectivity index (χ3n) is 5.40. The molecule has 1 atom stereocenters. The zero-order valence-electron chi connectivity index (χ0n) is 16.3. The molecule has 1 fully saturated rings. The maximum Gasteiger partial charge on any atom is 0.0870 e. The van der Waals surface area contributed by atoms with Gasteiger partial charge in [-0.3, -0.25) is 4.68 Å². The number of anilines is 1. The topological polar surface area (TPSA) is 29.9 Å². The minimum absolute atomic E-state index is 0.00453. The Morgan fingerprint density at radius 1 is 1.27 bits per heavy atom. The first-order chi connectivity index (χ1) is 12.5. The van der Waals surface area contributed by atoms with Crippen molar-refractivity contribution in [3.63, 3.8) is 0 Å². The predicted octanol–water partition coefficient (Wildman–Crippen LogP) is 5.85. The molecule has 0 spiro atoms. The summed E-state index contributed by atoms with van der Waals surface area (Å²) in [6.07, 6.45) is 8.88. The van der Waals surface area contributed by atoms with Crippen LogP contribution in [0.25, 0.3) is 5.70 Å². The van der Waals surface area contributed by atoms with Crippen molar-refractivity contribution in [1.82, 2.24) is 9.78 Å². The summed E-state index contributed by atoms with van der Waals surface area (Å²) in [5.41, 5.74) is 5.46. The van der Waals surface area contributed by atoms with Crippen LogP contribution < -0.4 is 5.32 Å². The molecule has 3 nitrogen and oxygen atoms in total. The Balaban J connectivity index is 1.82. The van der Waals surface area contributed by atoms with Crippen molar-refractivity contribution in [3.05, 3.63) is 47.8 Å². The molecule has 1 aromatic heterocycles. The Morgan fingerprint density at radius 3 is 2.69 bits per heavy atom. The van der Waals surface area contributed by atoms with Crippen LogP contribution in [0.3, 0.4) is 0 Å². The van der Waals surface area contributed by atoms with E-state index in [0.717, 1.165) is 35.2 Å². The van der Waals surface area contributed by atoms with E-state index in [4.69, 9.17) is 5.10 Å². The Bertz CT molecular complexity index is 813. The number of hydrogen-bond acceptors (Lipinski definition) is 2. The van der Waals surface area contributed by atoms with Gasteiger partial charge in [0.15, 0.2) is 0 Å². The molecule has 0 amide bonds. The number of nitrogens with one attached hydrogen (secondary N) is 1. The third kappa shape index (κ3) is 4.29. The molecule has 26 heavy (non-hydrogen) atoms. The molecule has 1 aromatic carbocycles. The van der Waals surface area contributed by atoms with Crippen LogP contribution in [-0.2, 0) is 6.54 Å². The molecule has 1 N–H and O–H groups in total. The third-order valence-corrected chi connectivity index (χ3v) is 6.46. The molecule has 1 aliphatic carbocycles. The van der Waals surface area contributed by atoms with E-state index in [2.05, 4.69) is 66.8 Å². The normalized spacial score (nSPS) is 16.4. The molecule has 3 rings (SSSR count). The summed E-state index contributed by atoms with van der Waals surface area (Å²) < 4.78 is 2.19. The van der Waals surface area contributed by atoms with E-state index in [-0.39, 0.29) is 10.5 Å². The summed E-state index contributed by atoms with van der Waals surface area (Å²) in [4.78, 5) is 1.26. The average Bonchev–Trinajstić information content (AvgIpc) is 2.90. The Labute approximate surface area is 160 Å². The summed E-state index contributed by atoms with van der Waals surface area (Å²) in [7, 11) is 0.00453. The molecule has 0 bridgehead atoms. The molecule has 1 heterocycles. The average molecular weight is 370 g/mol. The van der Waals surface area contributed by atoms with Gasteiger partial charge in [0.05, 0.1) is 17.1 Å². The van der Waals surface area contributed by atoms with Crippen molar-refractivity contribution in [2.45, 2.75) is 57.4 Å². The SMILES string of the molecule is C=C(Nc1cccc(S(=C)C)c1)c1c(C)c(C)nn1CC1CCCCC1. The van der Waals surface area contributed by atoms with Crippen LogP contribution in [0, 0.1) is 19.8 Å². The van der Waals surface area contributed by atoms with Gasteiger partial charge in [-0.1, -0.05) is 37.8 Å². The van der Waals surface area contributed by atoms with Gasteiger partial charge in [0.25, 0.3) is 0 Å². The molecule has 4 heteroatoms. The zero-order valence-corrected chi connectivity index (χ0v) is 17.2. The lowest BCUT2D eigenvalue weighted by Crippen LogP contribution is -2.18. The molecule has 140 valence electrons. The predicted molar refractivity (Wildman–Crippen MR) is 116 cm³/mol. The first-order valence-electron chi connectivity index (χ1n) is 9.51. The Morgan fingerprint density at radius 2 is 2.00 bits per heavy atom. The van der Waals surface area contributed by atoms with Gasteiger partial charge in [0.2, 0.25) is 0 Å². The lowest BCUT2D eigenvalue weighted by molar-refractivity contribution is 0.307.